The lowest BCUT2D eigenvalue weighted by Gasteiger charge is -2.30. The van der Waals surface area contributed by atoms with E-state index in [0.717, 1.165) is 12.3 Å². The molecule has 0 aliphatic carbocycles. The van der Waals surface area contributed by atoms with Gasteiger partial charge in [0.15, 0.2) is 0 Å². The van der Waals surface area contributed by atoms with Crippen LogP contribution in [0.2, 0.25) is 0 Å². The summed E-state index contributed by atoms with van der Waals surface area (Å²) in [5, 5.41) is 14.2. The van der Waals surface area contributed by atoms with Crippen LogP contribution in [-0.4, -0.2) is 58.2 Å². The summed E-state index contributed by atoms with van der Waals surface area (Å²) >= 11 is 0. The van der Waals surface area contributed by atoms with Crippen molar-refractivity contribution in [3.05, 3.63) is 18.0 Å². The van der Waals surface area contributed by atoms with Crippen molar-refractivity contribution in [3.63, 3.8) is 0 Å². The van der Waals surface area contributed by atoms with Gasteiger partial charge in [-0.1, -0.05) is 0 Å². The number of carbonyl (C=O) groups is 2. The van der Waals surface area contributed by atoms with Gasteiger partial charge in [-0.2, -0.15) is 13.2 Å². The Morgan fingerprint density at radius 2 is 2.12 bits per heavy atom. The standard InChI is InChI=1S/C14H18F3N5O3/c15-14(16,17)10-3-4-18-12(21-10)19-5-6-20-13(25)22-7-1-2-9(8-22)11(23)24/h3-4,9H,1-2,5-8H2,(H,20,25)(H,23,24)(H,18,19,21). The van der Waals surface area contributed by atoms with Crippen LogP contribution in [0, 0.1) is 5.92 Å². The fourth-order valence-corrected chi connectivity index (χ4v) is 2.42. The summed E-state index contributed by atoms with van der Waals surface area (Å²) in [6, 6.07) is 0.361. The number of nitrogens with one attached hydrogen (secondary N) is 2. The lowest BCUT2D eigenvalue weighted by Crippen LogP contribution is -2.47. The van der Waals surface area contributed by atoms with E-state index in [1.54, 1.807) is 0 Å². The first-order valence-electron chi connectivity index (χ1n) is 7.67. The van der Waals surface area contributed by atoms with E-state index in [9.17, 15) is 22.8 Å². The quantitative estimate of drug-likeness (QED) is 0.685. The Bertz CT molecular complexity index is 626. The van der Waals surface area contributed by atoms with Gasteiger partial charge in [-0.15, -0.1) is 0 Å². The smallest absolute Gasteiger partial charge is 0.433 e. The molecule has 1 aromatic rings. The van der Waals surface area contributed by atoms with Gasteiger partial charge in [0, 0.05) is 32.4 Å². The van der Waals surface area contributed by atoms with E-state index in [-0.39, 0.29) is 25.6 Å². The van der Waals surface area contributed by atoms with Crippen LogP contribution in [0.25, 0.3) is 0 Å². The highest BCUT2D eigenvalue weighted by molar-refractivity contribution is 5.76. The Kier molecular flexibility index (Phi) is 5.99. The summed E-state index contributed by atoms with van der Waals surface area (Å²) in [7, 11) is 0. The molecule has 0 spiro atoms. The fourth-order valence-electron chi connectivity index (χ4n) is 2.42. The van der Waals surface area contributed by atoms with Crippen molar-refractivity contribution in [1.82, 2.24) is 20.2 Å². The lowest BCUT2D eigenvalue weighted by atomic mass is 9.99. The number of aromatic nitrogens is 2. The predicted molar refractivity (Wildman–Crippen MR) is 80.9 cm³/mol. The molecule has 2 rings (SSSR count). The minimum Gasteiger partial charge on any atom is -0.481 e. The van der Waals surface area contributed by atoms with Crippen LogP contribution in [0.4, 0.5) is 23.9 Å². The van der Waals surface area contributed by atoms with Crippen molar-refractivity contribution in [2.24, 2.45) is 5.92 Å². The van der Waals surface area contributed by atoms with E-state index in [1.807, 2.05) is 0 Å². The minimum absolute atomic E-state index is 0.128. The Hall–Kier alpha value is -2.59. The number of rotatable bonds is 5. The van der Waals surface area contributed by atoms with E-state index in [2.05, 4.69) is 20.6 Å². The third-order valence-corrected chi connectivity index (χ3v) is 3.69. The second-order valence-electron chi connectivity index (χ2n) is 5.55. The number of carboxylic acids is 1. The van der Waals surface area contributed by atoms with Crippen molar-refractivity contribution < 1.29 is 27.9 Å². The van der Waals surface area contributed by atoms with Crippen molar-refractivity contribution in [2.75, 3.05) is 31.5 Å². The van der Waals surface area contributed by atoms with Crippen LogP contribution >= 0.6 is 0 Å². The van der Waals surface area contributed by atoms with Gasteiger partial charge in [0.05, 0.1) is 5.92 Å². The number of piperidine rings is 1. The number of hydrogen-bond acceptors (Lipinski definition) is 5. The van der Waals surface area contributed by atoms with Gasteiger partial charge in [-0.3, -0.25) is 4.79 Å². The molecule has 8 nitrogen and oxygen atoms in total. The number of alkyl halides is 3. The lowest BCUT2D eigenvalue weighted by molar-refractivity contribution is -0.143. The number of carboxylic acid groups (broad SMARTS) is 1. The van der Waals surface area contributed by atoms with E-state index < -0.39 is 29.8 Å². The highest BCUT2D eigenvalue weighted by Gasteiger charge is 2.32. The summed E-state index contributed by atoms with van der Waals surface area (Å²) in [6.45, 7) is 0.876. The monoisotopic (exact) mass is 361 g/mol. The molecule has 1 unspecified atom stereocenters. The molecule has 138 valence electrons. The molecule has 1 saturated heterocycles. The van der Waals surface area contributed by atoms with Crippen LogP contribution in [0.1, 0.15) is 18.5 Å². The maximum Gasteiger partial charge on any atom is 0.433 e. The van der Waals surface area contributed by atoms with E-state index >= 15 is 0 Å². The second kappa shape index (κ2) is 7.99. The van der Waals surface area contributed by atoms with Crippen LogP contribution in [0.5, 0.6) is 0 Å². The molecule has 3 N–H and O–H groups in total. The fraction of sp³-hybridized carbons (Fsp3) is 0.571. The molecule has 1 aromatic heterocycles. The molecule has 11 heteroatoms. The third kappa shape index (κ3) is 5.47. The van der Waals surface area contributed by atoms with Gasteiger partial charge in [0.1, 0.15) is 5.69 Å². The molecule has 1 aliphatic rings. The Balaban J connectivity index is 1.76. The van der Waals surface area contributed by atoms with E-state index in [4.69, 9.17) is 5.11 Å². The van der Waals surface area contributed by atoms with Crippen molar-refractivity contribution in [3.8, 4) is 0 Å². The van der Waals surface area contributed by atoms with Gasteiger partial charge < -0.3 is 20.6 Å². The minimum atomic E-state index is -4.55. The number of hydrogen-bond donors (Lipinski definition) is 3. The van der Waals surface area contributed by atoms with E-state index in [0.29, 0.717) is 19.4 Å². The van der Waals surface area contributed by atoms with Crippen LogP contribution in [0.15, 0.2) is 12.3 Å². The molecule has 0 aromatic carbocycles. The molecular formula is C14H18F3N5O3. The molecular weight excluding hydrogens is 343 g/mol. The topological polar surface area (TPSA) is 107 Å². The molecule has 1 aliphatic heterocycles. The molecule has 25 heavy (non-hydrogen) atoms. The zero-order valence-electron chi connectivity index (χ0n) is 13.2. The maximum absolute atomic E-state index is 12.5. The number of anilines is 1. The number of likely N-dealkylation sites (tertiary alicyclic amines) is 1. The number of halogens is 3. The first kappa shape index (κ1) is 18.7. The van der Waals surface area contributed by atoms with Gasteiger partial charge in [0.2, 0.25) is 5.95 Å². The number of nitrogens with zero attached hydrogens (tertiary/aromatic N) is 3. The van der Waals surface area contributed by atoms with Crippen LogP contribution in [0.3, 0.4) is 0 Å². The average Bonchev–Trinajstić information content (AvgIpc) is 2.58. The van der Waals surface area contributed by atoms with Crippen molar-refractivity contribution in [2.45, 2.75) is 19.0 Å². The normalized spacial score (nSPS) is 17.9. The first-order valence-corrected chi connectivity index (χ1v) is 7.67. The van der Waals surface area contributed by atoms with Crippen molar-refractivity contribution >= 4 is 17.9 Å². The third-order valence-electron chi connectivity index (χ3n) is 3.69. The SMILES string of the molecule is O=C(O)C1CCCN(C(=O)NCCNc2nccc(C(F)(F)F)n2)C1. The number of aliphatic carboxylic acids is 1. The summed E-state index contributed by atoms with van der Waals surface area (Å²) < 4.78 is 37.6. The van der Waals surface area contributed by atoms with Crippen LogP contribution in [-0.2, 0) is 11.0 Å². The van der Waals surface area contributed by atoms with E-state index in [1.165, 1.54) is 4.90 Å². The average molecular weight is 361 g/mol. The van der Waals surface area contributed by atoms with Gasteiger partial charge in [0.25, 0.3) is 0 Å². The maximum atomic E-state index is 12.5. The summed E-state index contributed by atoms with van der Waals surface area (Å²) in [6.07, 6.45) is -2.41. The number of urea groups is 1. The largest absolute Gasteiger partial charge is 0.481 e. The van der Waals surface area contributed by atoms with Gasteiger partial charge in [-0.05, 0) is 18.9 Å². The summed E-state index contributed by atoms with van der Waals surface area (Å²) in [4.78, 5) is 31.4. The molecule has 1 fully saturated rings. The highest BCUT2D eigenvalue weighted by Crippen LogP contribution is 2.27. The molecule has 0 bridgehead atoms. The molecule has 2 amide bonds. The van der Waals surface area contributed by atoms with Gasteiger partial charge in [-0.25, -0.2) is 14.8 Å². The first-order chi connectivity index (χ1) is 11.8. The van der Waals surface area contributed by atoms with Crippen molar-refractivity contribution in [1.29, 1.82) is 0 Å². The number of amides is 2. The summed E-state index contributed by atoms with van der Waals surface area (Å²) in [5.41, 5.74) is -1.05. The Labute approximate surface area is 141 Å². The predicted octanol–water partition coefficient (Wildman–Crippen LogP) is 1.41. The van der Waals surface area contributed by atoms with Crippen LogP contribution < -0.4 is 10.6 Å². The zero-order chi connectivity index (χ0) is 18.4. The molecule has 0 saturated carbocycles. The molecule has 0 radical (unpaired) electrons. The van der Waals surface area contributed by atoms with Gasteiger partial charge >= 0.3 is 18.2 Å². The number of carbonyl (C=O) groups excluding carboxylic acids is 1. The molecule has 1 atom stereocenters. The molecule has 2 heterocycles. The highest BCUT2D eigenvalue weighted by atomic mass is 19.4. The zero-order valence-corrected chi connectivity index (χ0v) is 13.2. The second-order valence-corrected chi connectivity index (χ2v) is 5.55. The summed E-state index contributed by atoms with van der Waals surface area (Å²) in [5.74, 6) is -1.69. The Morgan fingerprint density at radius 1 is 1.36 bits per heavy atom. The Morgan fingerprint density at radius 3 is 2.80 bits per heavy atom.